The minimum atomic E-state index is -4.02. The van der Waals surface area contributed by atoms with Crippen LogP contribution in [0.4, 0.5) is 0 Å². The monoisotopic (exact) mass is 202 g/mol. The van der Waals surface area contributed by atoms with E-state index in [4.69, 9.17) is 4.55 Å². The molecule has 0 aromatic heterocycles. The Hall–Kier alpha value is -0.870. The minimum Gasteiger partial charge on any atom is -0.282 e. The first-order chi connectivity index (χ1) is 6.00. The Morgan fingerprint density at radius 1 is 1.08 bits per heavy atom. The first-order valence-corrected chi connectivity index (χ1v) is 5.48. The first-order valence-electron chi connectivity index (χ1n) is 4.04. The van der Waals surface area contributed by atoms with Gasteiger partial charge in [0, 0.05) is 0 Å². The highest BCUT2D eigenvalue weighted by Crippen LogP contribution is 2.08. The lowest BCUT2D eigenvalue weighted by atomic mass is 10.2. The van der Waals surface area contributed by atoms with Gasteiger partial charge in [0.1, 0.15) is 0 Å². The second-order valence-electron chi connectivity index (χ2n) is 2.29. The van der Waals surface area contributed by atoms with Crippen molar-refractivity contribution in [1.29, 1.82) is 0 Å². The smallest absolute Gasteiger partial charge is 0.282 e. The van der Waals surface area contributed by atoms with E-state index in [1.54, 1.807) is 12.1 Å². The Kier molecular flexibility index (Phi) is 4.66. The zero-order valence-corrected chi connectivity index (χ0v) is 8.80. The summed E-state index contributed by atoms with van der Waals surface area (Å²) in [6.45, 7) is 5.84. The van der Waals surface area contributed by atoms with Crippen LogP contribution in [0, 0.1) is 6.92 Å². The normalized spacial score (nSPS) is 10.2. The van der Waals surface area contributed by atoms with E-state index in [1.807, 2.05) is 20.8 Å². The van der Waals surface area contributed by atoms with Gasteiger partial charge in [-0.05, 0) is 19.1 Å². The van der Waals surface area contributed by atoms with Crippen molar-refractivity contribution in [2.45, 2.75) is 25.7 Å². The van der Waals surface area contributed by atoms with Crippen LogP contribution in [0.25, 0.3) is 0 Å². The fourth-order valence-corrected chi connectivity index (χ4v) is 1.19. The fraction of sp³-hybridized carbons (Fsp3) is 0.333. The average Bonchev–Trinajstić information content (AvgIpc) is 2.07. The maximum absolute atomic E-state index is 10.5. The number of hydrogen-bond acceptors (Lipinski definition) is 2. The van der Waals surface area contributed by atoms with Gasteiger partial charge in [-0.15, -0.1) is 0 Å². The van der Waals surface area contributed by atoms with E-state index in [-0.39, 0.29) is 4.90 Å². The third-order valence-corrected chi connectivity index (χ3v) is 2.19. The highest BCUT2D eigenvalue weighted by Gasteiger charge is 2.06. The van der Waals surface area contributed by atoms with E-state index in [1.165, 1.54) is 12.1 Å². The SMILES string of the molecule is CC.Cc1ccc(S(=O)(=O)O)cc1. The van der Waals surface area contributed by atoms with Crippen LogP contribution < -0.4 is 0 Å². The van der Waals surface area contributed by atoms with Gasteiger partial charge < -0.3 is 0 Å². The molecule has 0 aliphatic heterocycles. The molecule has 0 radical (unpaired) electrons. The van der Waals surface area contributed by atoms with Crippen LogP contribution >= 0.6 is 0 Å². The molecular formula is C9H14O3S. The summed E-state index contributed by atoms with van der Waals surface area (Å²) in [4.78, 5) is -0.0666. The summed E-state index contributed by atoms with van der Waals surface area (Å²) in [7, 11) is -4.02. The van der Waals surface area contributed by atoms with Gasteiger partial charge in [-0.1, -0.05) is 31.5 Å². The van der Waals surface area contributed by atoms with Crippen LogP contribution in [-0.2, 0) is 10.1 Å². The maximum Gasteiger partial charge on any atom is 0.294 e. The fourth-order valence-electron chi connectivity index (χ4n) is 0.710. The molecule has 0 bridgehead atoms. The molecule has 0 atom stereocenters. The summed E-state index contributed by atoms with van der Waals surface area (Å²) in [6.07, 6.45) is 0. The van der Waals surface area contributed by atoms with Gasteiger partial charge >= 0.3 is 0 Å². The third kappa shape index (κ3) is 4.05. The van der Waals surface area contributed by atoms with E-state index in [9.17, 15) is 8.42 Å². The Bertz CT molecular complexity index is 338. The second-order valence-corrected chi connectivity index (χ2v) is 3.71. The molecule has 0 unspecified atom stereocenters. The van der Waals surface area contributed by atoms with Gasteiger partial charge in [0.15, 0.2) is 0 Å². The topological polar surface area (TPSA) is 54.4 Å². The summed E-state index contributed by atoms with van der Waals surface area (Å²) < 4.78 is 29.6. The first kappa shape index (κ1) is 12.1. The third-order valence-electron chi connectivity index (χ3n) is 1.32. The van der Waals surface area contributed by atoms with Gasteiger partial charge in [-0.2, -0.15) is 8.42 Å². The molecule has 74 valence electrons. The van der Waals surface area contributed by atoms with Crippen molar-refractivity contribution in [3.05, 3.63) is 29.8 Å². The van der Waals surface area contributed by atoms with Crippen LogP contribution in [0.2, 0.25) is 0 Å². The lowest BCUT2D eigenvalue weighted by Gasteiger charge is -1.95. The molecule has 0 aliphatic carbocycles. The van der Waals surface area contributed by atoms with Crippen molar-refractivity contribution in [2.24, 2.45) is 0 Å². The summed E-state index contributed by atoms with van der Waals surface area (Å²) in [5.41, 5.74) is 0.956. The number of rotatable bonds is 1. The molecule has 3 nitrogen and oxygen atoms in total. The Morgan fingerprint density at radius 3 is 1.77 bits per heavy atom. The standard InChI is InChI=1S/C7H8O3S.C2H6/c1-6-2-4-7(5-3-6)11(8,9)10;1-2/h2-5H,1H3,(H,8,9,10);1-2H3. The van der Waals surface area contributed by atoms with Crippen molar-refractivity contribution in [3.63, 3.8) is 0 Å². The van der Waals surface area contributed by atoms with Crippen molar-refractivity contribution in [1.82, 2.24) is 0 Å². The second kappa shape index (κ2) is 4.99. The molecule has 0 amide bonds. The maximum atomic E-state index is 10.5. The molecule has 1 aromatic carbocycles. The average molecular weight is 202 g/mol. The van der Waals surface area contributed by atoms with Crippen molar-refractivity contribution in [3.8, 4) is 0 Å². The van der Waals surface area contributed by atoms with E-state index in [0.717, 1.165) is 5.56 Å². The van der Waals surface area contributed by atoms with E-state index in [0.29, 0.717) is 0 Å². The van der Waals surface area contributed by atoms with Crippen LogP contribution in [-0.4, -0.2) is 13.0 Å². The molecule has 4 heteroatoms. The summed E-state index contributed by atoms with van der Waals surface area (Å²) in [6, 6.07) is 5.99. The Balaban J connectivity index is 0.000000671. The molecule has 1 rings (SSSR count). The van der Waals surface area contributed by atoms with Crippen LogP contribution in [0.5, 0.6) is 0 Å². The zero-order chi connectivity index (χ0) is 10.5. The molecular weight excluding hydrogens is 188 g/mol. The summed E-state index contributed by atoms with van der Waals surface area (Å²) in [5.74, 6) is 0. The molecule has 0 aliphatic rings. The predicted octanol–water partition coefficient (Wildman–Crippen LogP) is 2.27. The molecule has 13 heavy (non-hydrogen) atoms. The predicted molar refractivity (Wildman–Crippen MR) is 52.3 cm³/mol. The van der Waals surface area contributed by atoms with Crippen LogP contribution in [0.3, 0.4) is 0 Å². The molecule has 1 aromatic rings. The Labute approximate surface area is 79.2 Å². The van der Waals surface area contributed by atoms with Gasteiger partial charge in [0.2, 0.25) is 0 Å². The van der Waals surface area contributed by atoms with Crippen molar-refractivity contribution >= 4 is 10.1 Å². The zero-order valence-electron chi connectivity index (χ0n) is 7.98. The number of hydrogen-bond donors (Lipinski definition) is 1. The number of aryl methyl sites for hydroxylation is 1. The summed E-state index contributed by atoms with van der Waals surface area (Å²) in [5, 5.41) is 0. The molecule has 0 spiro atoms. The molecule has 1 N–H and O–H groups in total. The quantitative estimate of drug-likeness (QED) is 0.711. The molecule has 0 saturated carbocycles. The van der Waals surface area contributed by atoms with E-state index >= 15 is 0 Å². The Morgan fingerprint density at radius 2 is 1.46 bits per heavy atom. The van der Waals surface area contributed by atoms with E-state index < -0.39 is 10.1 Å². The van der Waals surface area contributed by atoms with Gasteiger partial charge in [-0.25, -0.2) is 0 Å². The van der Waals surface area contributed by atoms with Crippen molar-refractivity contribution < 1.29 is 13.0 Å². The van der Waals surface area contributed by atoms with E-state index in [2.05, 4.69) is 0 Å². The van der Waals surface area contributed by atoms with Crippen molar-refractivity contribution in [2.75, 3.05) is 0 Å². The molecule has 0 fully saturated rings. The highest BCUT2D eigenvalue weighted by molar-refractivity contribution is 7.85. The summed E-state index contributed by atoms with van der Waals surface area (Å²) >= 11 is 0. The molecule has 0 heterocycles. The van der Waals surface area contributed by atoms with Gasteiger partial charge in [-0.3, -0.25) is 4.55 Å². The highest BCUT2D eigenvalue weighted by atomic mass is 32.2. The van der Waals surface area contributed by atoms with Gasteiger partial charge in [0.25, 0.3) is 10.1 Å². The lowest BCUT2D eigenvalue weighted by Crippen LogP contribution is -1.96. The molecule has 0 saturated heterocycles. The minimum absolute atomic E-state index is 0.0666. The van der Waals surface area contributed by atoms with Crippen LogP contribution in [0.1, 0.15) is 19.4 Å². The van der Waals surface area contributed by atoms with Crippen LogP contribution in [0.15, 0.2) is 29.2 Å². The lowest BCUT2D eigenvalue weighted by molar-refractivity contribution is 0.483. The van der Waals surface area contributed by atoms with Gasteiger partial charge in [0.05, 0.1) is 4.90 Å². The number of benzene rings is 1. The largest absolute Gasteiger partial charge is 0.294 e.